The van der Waals surface area contributed by atoms with E-state index in [-0.39, 0.29) is 31.3 Å². The van der Waals surface area contributed by atoms with Crippen LogP contribution in [-0.2, 0) is 25.5 Å². The van der Waals surface area contributed by atoms with Crippen molar-refractivity contribution in [3.05, 3.63) is 29.8 Å². The number of hydrogen-bond acceptors (Lipinski definition) is 7. The van der Waals surface area contributed by atoms with Crippen molar-refractivity contribution < 1.29 is 34.1 Å². The highest BCUT2D eigenvalue weighted by atomic mass is 16.5. The second kappa shape index (κ2) is 16.0. The summed E-state index contributed by atoms with van der Waals surface area (Å²) in [5.74, 6) is -1.04. The number of ether oxygens (including phenoxy) is 2. The van der Waals surface area contributed by atoms with Crippen molar-refractivity contribution >= 4 is 18.0 Å². The van der Waals surface area contributed by atoms with Crippen LogP contribution < -0.4 is 10.6 Å². The summed E-state index contributed by atoms with van der Waals surface area (Å²) in [6, 6.07) is 4.69. The van der Waals surface area contributed by atoms with E-state index in [0.29, 0.717) is 12.0 Å². The second-order valence-corrected chi connectivity index (χ2v) is 9.11. The molecule has 1 saturated carbocycles. The molecule has 1 aliphatic rings. The van der Waals surface area contributed by atoms with E-state index in [4.69, 9.17) is 14.6 Å². The van der Waals surface area contributed by atoms with E-state index in [1.807, 2.05) is 0 Å². The number of nitrogens with one attached hydrogen (secondary N) is 2. The van der Waals surface area contributed by atoms with Gasteiger partial charge in [0.15, 0.2) is 0 Å². The first-order valence-corrected chi connectivity index (χ1v) is 12.6. The number of carbonyl (C=O) groups excluding carboxylic acids is 3. The number of carbonyl (C=O) groups is 3. The van der Waals surface area contributed by atoms with Crippen LogP contribution in [-0.4, -0.2) is 60.6 Å². The Morgan fingerprint density at radius 3 is 2.43 bits per heavy atom. The molecule has 196 valence electrons. The molecule has 1 fully saturated rings. The third-order valence-corrected chi connectivity index (χ3v) is 6.37. The van der Waals surface area contributed by atoms with Gasteiger partial charge in [0.05, 0.1) is 13.7 Å². The minimum atomic E-state index is -0.961. The maximum absolute atomic E-state index is 13.3. The summed E-state index contributed by atoms with van der Waals surface area (Å²) in [6.45, 7) is 0.445. The number of esters is 1. The van der Waals surface area contributed by atoms with Gasteiger partial charge in [0.25, 0.3) is 0 Å². The minimum Gasteiger partial charge on any atom is -0.508 e. The van der Waals surface area contributed by atoms with Crippen molar-refractivity contribution in [1.82, 2.24) is 10.6 Å². The van der Waals surface area contributed by atoms with Gasteiger partial charge < -0.3 is 30.3 Å². The number of aliphatic hydroxyl groups is 1. The lowest BCUT2D eigenvalue weighted by atomic mass is 9.83. The molecular weight excluding hydrogens is 452 g/mol. The van der Waals surface area contributed by atoms with Gasteiger partial charge in [0.2, 0.25) is 5.91 Å². The molecule has 2 rings (SSSR count). The molecule has 9 heteroatoms. The highest BCUT2D eigenvalue weighted by Gasteiger charge is 2.34. The zero-order valence-corrected chi connectivity index (χ0v) is 20.7. The van der Waals surface area contributed by atoms with Gasteiger partial charge in [0.1, 0.15) is 17.8 Å². The zero-order chi connectivity index (χ0) is 25.5. The fourth-order valence-corrected chi connectivity index (χ4v) is 4.46. The number of phenols is 1. The molecule has 9 nitrogen and oxygen atoms in total. The summed E-state index contributed by atoms with van der Waals surface area (Å²) in [5.41, 5.74) is 0.668. The van der Waals surface area contributed by atoms with Gasteiger partial charge in [-0.25, -0.2) is 9.59 Å². The molecule has 0 aliphatic heterocycles. The van der Waals surface area contributed by atoms with Crippen LogP contribution in [0.5, 0.6) is 5.75 Å². The standard InChI is InChI=1S/C26H40N2O7/c1-34-25(32)22(18-19-11-10-14-21(30)17-19)27-24(31)23(20-12-6-5-7-13-20)28-26(33)35-16-9-4-2-3-8-15-29/h10-11,14,17,20,22-23,29-30H,2-9,12-13,15-16,18H2,1H3,(H,27,31)(H,28,33). The maximum atomic E-state index is 13.3. The number of methoxy groups -OCH3 is 1. The zero-order valence-electron chi connectivity index (χ0n) is 20.7. The second-order valence-electron chi connectivity index (χ2n) is 9.11. The monoisotopic (exact) mass is 492 g/mol. The van der Waals surface area contributed by atoms with Crippen LogP contribution in [0, 0.1) is 5.92 Å². The average Bonchev–Trinajstić information content (AvgIpc) is 2.86. The number of hydrogen-bond donors (Lipinski definition) is 4. The Morgan fingerprint density at radius 1 is 1.03 bits per heavy atom. The first-order valence-electron chi connectivity index (χ1n) is 12.6. The van der Waals surface area contributed by atoms with Crippen molar-refractivity contribution in [1.29, 1.82) is 0 Å². The number of benzene rings is 1. The van der Waals surface area contributed by atoms with Gasteiger partial charge in [-0.05, 0) is 49.3 Å². The normalized spacial score (nSPS) is 15.6. The number of unbranched alkanes of at least 4 members (excludes halogenated alkanes) is 4. The first kappa shape index (κ1) is 28.4. The number of aromatic hydroxyl groups is 1. The number of rotatable bonds is 14. The predicted molar refractivity (Wildman–Crippen MR) is 131 cm³/mol. The maximum Gasteiger partial charge on any atom is 0.407 e. The van der Waals surface area contributed by atoms with Crippen molar-refractivity contribution in [2.24, 2.45) is 5.92 Å². The number of phenolic OH excluding ortho intramolecular Hbond substituents is 1. The molecular formula is C26H40N2O7. The van der Waals surface area contributed by atoms with Gasteiger partial charge in [-0.2, -0.15) is 0 Å². The van der Waals surface area contributed by atoms with Crippen LogP contribution in [0.1, 0.15) is 69.8 Å². The molecule has 0 bridgehead atoms. The predicted octanol–water partition coefficient (Wildman–Crippen LogP) is 3.21. The summed E-state index contributed by atoms with van der Waals surface area (Å²) in [6.07, 6.45) is 8.44. The molecule has 4 N–H and O–H groups in total. The van der Waals surface area contributed by atoms with Gasteiger partial charge in [-0.1, -0.05) is 50.7 Å². The SMILES string of the molecule is COC(=O)C(Cc1cccc(O)c1)NC(=O)C(NC(=O)OCCCCCCCO)C1CCCCC1. The Kier molecular flexibility index (Phi) is 13.0. The van der Waals surface area contributed by atoms with Crippen molar-refractivity contribution in [3.63, 3.8) is 0 Å². The topological polar surface area (TPSA) is 134 Å². The summed E-state index contributed by atoms with van der Waals surface area (Å²) >= 11 is 0. The van der Waals surface area contributed by atoms with Gasteiger partial charge in [-0.3, -0.25) is 4.79 Å². The number of aliphatic hydroxyl groups excluding tert-OH is 1. The Morgan fingerprint density at radius 2 is 1.74 bits per heavy atom. The molecule has 2 unspecified atom stereocenters. The van der Waals surface area contributed by atoms with E-state index >= 15 is 0 Å². The highest BCUT2D eigenvalue weighted by molar-refractivity contribution is 5.90. The van der Waals surface area contributed by atoms with Crippen LogP contribution in [0.2, 0.25) is 0 Å². The lowest BCUT2D eigenvalue weighted by molar-refractivity contribution is -0.145. The van der Waals surface area contributed by atoms with Crippen LogP contribution in [0.15, 0.2) is 24.3 Å². The smallest absolute Gasteiger partial charge is 0.407 e. The van der Waals surface area contributed by atoms with Crippen LogP contribution >= 0.6 is 0 Å². The van der Waals surface area contributed by atoms with E-state index in [0.717, 1.165) is 57.8 Å². The third kappa shape index (κ3) is 10.5. The first-order chi connectivity index (χ1) is 16.9. The molecule has 0 saturated heterocycles. The van der Waals surface area contributed by atoms with Crippen molar-refractivity contribution in [3.8, 4) is 5.75 Å². The summed E-state index contributed by atoms with van der Waals surface area (Å²) in [4.78, 5) is 38.2. The number of amides is 2. The van der Waals surface area contributed by atoms with E-state index < -0.39 is 30.1 Å². The molecule has 0 spiro atoms. The van der Waals surface area contributed by atoms with Crippen LogP contribution in [0.3, 0.4) is 0 Å². The Hall–Kier alpha value is -2.81. The third-order valence-electron chi connectivity index (χ3n) is 6.37. The summed E-state index contributed by atoms with van der Waals surface area (Å²) < 4.78 is 10.2. The van der Waals surface area contributed by atoms with E-state index in [2.05, 4.69) is 10.6 Å². The molecule has 35 heavy (non-hydrogen) atoms. The quantitative estimate of drug-likeness (QED) is 0.231. The molecule has 0 radical (unpaired) electrons. The van der Waals surface area contributed by atoms with E-state index in [1.165, 1.54) is 19.2 Å². The van der Waals surface area contributed by atoms with Crippen LogP contribution in [0.4, 0.5) is 4.79 Å². The molecule has 2 amide bonds. The van der Waals surface area contributed by atoms with E-state index in [9.17, 15) is 19.5 Å². The van der Waals surface area contributed by atoms with Gasteiger partial charge >= 0.3 is 12.1 Å². The fraction of sp³-hybridized carbons (Fsp3) is 0.654. The molecule has 1 aromatic carbocycles. The lowest BCUT2D eigenvalue weighted by Gasteiger charge is -2.30. The Labute approximate surface area is 207 Å². The number of alkyl carbamates (subject to hydrolysis) is 1. The average molecular weight is 493 g/mol. The molecule has 0 aromatic heterocycles. The van der Waals surface area contributed by atoms with E-state index in [1.54, 1.807) is 12.1 Å². The Balaban J connectivity index is 1.98. The molecule has 0 heterocycles. The van der Waals surface area contributed by atoms with Crippen molar-refractivity contribution in [2.75, 3.05) is 20.3 Å². The fourth-order valence-electron chi connectivity index (χ4n) is 4.46. The molecule has 1 aromatic rings. The molecule has 2 atom stereocenters. The minimum absolute atomic E-state index is 0.0474. The molecule has 1 aliphatic carbocycles. The lowest BCUT2D eigenvalue weighted by Crippen LogP contribution is -2.55. The van der Waals surface area contributed by atoms with Crippen LogP contribution in [0.25, 0.3) is 0 Å². The van der Waals surface area contributed by atoms with Gasteiger partial charge in [-0.15, -0.1) is 0 Å². The Bertz CT molecular complexity index is 796. The highest BCUT2D eigenvalue weighted by Crippen LogP contribution is 2.27. The van der Waals surface area contributed by atoms with Crippen molar-refractivity contribution in [2.45, 2.75) is 82.7 Å². The summed E-state index contributed by atoms with van der Waals surface area (Å²) in [5, 5.41) is 24.0. The largest absolute Gasteiger partial charge is 0.508 e. The summed E-state index contributed by atoms with van der Waals surface area (Å²) in [7, 11) is 1.25. The van der Waals surface area contributed by atoms with Gasteiger partial charge in [0, 0.05) is 13.0 Å².